The van der Waals surface area contributed by atoms with Crippen LogP contribution < -0.4 is 10.6 Å². The van der Waals surface area contributed by atoms with Gasteiger partial charge in [0.2, 0.25) is 0 Å². The van der Waals surface area contributed by atoms with E-state index in [2.05, 4.69) is 34.0 Å². The summed E-state index contributed by atoms with van der Waals surface area (Å²) in [6.07, 6.45) is 1.84. The summed E-state index contributed by atoms with van der Waals surface area (Å²) in [6.45, 7) is 6.03. The van der Waals surface area contributed by atoms with Gasteiger partial charge in [-0.25, -0.2) is 4.98 Å². The van der Waals surface area contributed by atoms with E-state index in [4.69, 9.17) is 0 Å². The molecule has 0 aliphatic rings. The van der Waals surface area contributed by atoms with Crippen molar-refractivity contribution in [1.82, 2.24) is 9.55 Å². The first kappa shape index (κ1) is 8.90. The predicted octanol–water partition coefficient (Wildman–Crippen LogP) is 1.38. The van der Waals surface area contributed by atoms with Crippen molar-refractivity contribution in [1.29, 1.82) is 0 Å². The number of aromatic nitrogens is 2. The third-order valence-electron chi connectivity index (χ3n) is 1.76. The van der Waals surface area contributed by atoms with Gasteiger partial charge < -0.3 is 15.2 Å². The maximum atomic E-state index is 4.21. The highest BCUT2D eigenvalue weighted by Crippen LogP contribution is 2.18. The molecule has 0 saturated carbocycles. The number of hydrogen-bond donors (Lipinski definition) is 2. The molecule has 0 aliphatic carbocycles. The smallest absolute Gasteiger partial charge is 0.168 e. The molecule has 0 aromatic carbocycles. The van der Waals surface area contributed by atoms with E-state index >= 15 is 0 Å². The highest BCUT2D eigenvalue weighted by Gasteiger charge is 2.05. The molecule has 2 N–H and O–H groups in total. The zero-order chi connectivity index (χ0) is 8.97. The van der Waals surface area contributed by atoms with E-state index < -0.39 is 0 Å². The summed E-state index contributed by atoms with van der Waals surface area (Å²) in [5, 5.41) is 6.31. The molecule has 0 fully saturated rings. The van der Waals surface area contributed by atoms with Crippen LogP contribution >= 0.6 is 0 Å². The highest BCUT2D eigenvalue weighted by molar-refractivity contribution is 5.59. The maximum absolute atomic E-state index is 4.21. The van der Waals surface area contributed by atoms with Crippen molar-refractivity contribution in [2.45, 2.75) is 20.4 Å². The third kappa shape index (κ3) is 1.52. The van der Waals surface area contributed by atoms with Gasteiger partial charge in [0, 0.05) is 20.1 Å². The number of nitrogens with zero attached hydrogens (tertiary/aromatic N) is 2. The molecule has 0 aliphatic heterocycles. The Morgan fingerprint density at radius 1 is 1.50 bits per heavy atom. The van der Waals surface area contributed by atoms with Crippen molar-refractivity contribution < 1.29 is 0 Å². The topological polar surface area (TPSA) is 41.9 Å². The van der Waals surface area contributed by atoms with Crippen LogP contribution in [0.4, 0.5) is 11.6 Å². The first-order valence-electron chi connectivity index (χ1n) is 4.30. The van der Waals surface area contributed by atoms with E-state index in [0.29, 0.717) is 0 Å². The van der Waals surface area contributed by atoms with Gasteiger partial charge in [-0.3, -0.25) is 0 Å². The summed E-state index contributed by atoms with van der Waals surface area (Å²) < 4.78 is 2.08. The van der Waals surface area contributed by atoms with Gasteiger partial charge in [0.05, 0.1) is 6.33 Å². The van der Waals surface area contributed by atoms with E-state index in [9.17, 15) is 0 Å². The summed E-state index contributed by atoms with van der Waals surface area (Å²) in [5.41, 5.74) is 0. The van der Waals surface area contributed by atoms with Crippen LogP contribution in [0.15, 0.2) is 6.33 Å². The lowest BCUT2D eigenvalue weighted by Gasteiger charge is -2.07. The molecule has 12 heavy (non-hydrogen) atoms. The first-order valence-corrected chi connectivity index (χ1v) is 4.30. The van der Waals surface area contributed by atoms with Crippen molar-refractivity contribution in [3.05, 3.63) is 6.33 Å². The number of rotatable bonds is 4. The summed E-state index contributed by atoms with van der Waals surface area (Å²) in [5.74, 6) is 1.99. The summed E-state index contributed by atoms with van der Waals surface area (Å²) in [6, 6.07) is 0. The van der Waals surface area contributed by atoms with Crippen LogP contribution in [0.5, 0.6) is 0 Å². The Morgan fingerprint density at radius 3 is 2.75 bits per heavy atom. The van der Waals surface area contributed by atoms with Gasteiger partial charge in [0.25, 0.3) is 0 Å². The molecular formula is C8H16N4. The molecule has 0 spiro atoms. The van der Waals surface area contributed by atoms with Crippen LogP contribution in [0.25, 0.3) is 0 Å². The van der Waals surface area contributed by atoms with E-state index in [1.165, 1.54) is 0 Å². The molecule has 1 rings (SSSR count). The molecule has 1 aromatic rings. The Hall–Kier alpha value is -1.19. The second-order valence-corrected chi connectivity index (χ2v) is 2.51. The molecule has 4 nitrogen and oxygen atoms in total. The molecule has 1 aromatic heterocycles. The monoisotopic (exact) mass is 168 g/mol. The van der Waals surface area contributed by atoms with Crippen LogP contribution in [-0.2, 0) is 6.54 Å². The van der Waals surface area contributed by atoms with Gasteiger partial charge in [-0.1, -0.05) is 0 Å². The quantitative estimate of drug-likeness (QED) is 0.713. The lowest BCUT2D eigenvalue weighted by atomic mass is 10.5. The molecule has 0 bridgehead atoms. The lowest BCUT2D eigenvalue weighted by molar-refractivity contribution is 0.764. The van der Waals surface area contributed by atoms with Gasteiger partial charge >= 0.3 is 0 Å². The Balaban J connectivity index is 2.90. The average molecular weight is 168 g/mol. The van der Waals surface area contributed by atoms with Crippen LogP contribution in [-0.4, -0.2) is 23.1 Å². The van der Waals surface area contributed by atoms with Crippen LogP contribution in [0.3, 0.4) is 0 Å². The van der Waals surface area contributed by atoms with Gasteiger partial charge in [0.15, 0.2) is 11.6 Å². The largest absolute Gasteiger partial charge is 0.370 e. The number of aryl methyl sites for hydroxylation is 1. The SMILES string of the molecule is CCNc1c(NC)ncn1CC. The Bertz CT molecular complexity index is 220. The van der Waals surface area contributed by atoms with E-state index in [1.807, 2.05) is 13.4 Å². The van der Waals surface area contributed by atoms with E-state index in [0.717, 1.165) is 24.7 Å². The molecule has 0 unspecified atom stereocenters. The molecule has 1 heterocycles. The van der Waals surface area contributed by atoms with E-state index in [1.54, 1.807) is 0 Å². The molecule has 68 valence electrons. The van der Waals surface area contributed by atoms with Crippen LogP contribution in [0, 0.1) is 0 Å². The number of nitrogens with one attached hydrogen (secondary N) is 2. The third-order valence-corrected chi connectivity index (χ3v) is 1.76. The minimum absolute atomic E-state index is 0.915. The summed E-state index contributed by atoms with van der Waals surface area (Å²) >= 11 is 0. The van der Waals surface area contributed by atoms with E-state index in [-0.39, 0.29) is 0 Å². The molecule has 4 heteroatoms. The first-order chi connectivity index (χ1) is 5.83. The van der Waals surface area contributed by atoms with Crippen molar-refractivity contribution in [3.63, 3.8) is 0 Å². The Kier molecular flexibility index (Phi) is 2.96. The zero-order valence-electron chi connectivity index (χ0n) is 7.89. The van der Waals surface area contributed by atoms with Gasteiger partial charge in [-0.15, -0.1) is 0 Å². The fourth-order valence-electron chi connectivity index (χ4n) is 1.16. The van der Waals surface area contributed by atoms with Crippen molar-refractivity contribution in [2.75, 3.05) is 24.2 Å². The van der Waals surface area contributed by atoms with Gasteiger partial charge in [-0.05, 0) is 13.8 Å². The van der Waals surface area contributed by atoms with Crippen LogP contribution in [0.2, 0.25) is 0 Å². The van der Waals surface area contributed by atoms with Crippen molar-refractivity contribution in [3.8, 4) is 0 Å². The van der Waals surface area contributed by atoms with Gasteiger partial charge in [0.1, 0.15) is 0 Å². The lowest BCUT2D eigenvalue weighted by Crippen LogP contribution is -2.06. The maximum Gasteiger partial charge on any atom is 0.168 e. The predicted molar refractivity (Wildman–Crippen MR) is 51.6 cm³/mol. The fourth-order valence-corrected chi connectivity index (χ4v) is 1.16. The molecule has 0 saturated heterocycles. The summed E-state index contributed by atoms with van der Waals surface area (Å²) in [4.78, 5) is 4.21. The minimum Gasteiger partial charge on any atom is -0.370 e. The van der Waals surface area contributed by atoms with Crippen molar-refractivity contribution >= 4 is 11.6 Å². The number of anilines is 2. The zero-order valence-corrected chi connectivity index (χ0v) is 7.89. The van der Waals surface area contributed by atoms with Crippen LogP contribution in [0.1, 0.15) is 13.8 Å². The Labute approximate surface area is 73.0 Å². The number of hydrogen-bond acceptors (Lipinski definition) is 3. The molecular weight excluding hydrogens is 152 g/mol. The van der Waals surface area contributed by atoms with Gasteiger partial charge in [-0.2, -0.15) is 0 Å². The fraction of sp³-hybridized carbons (Fsp3) is 0.625. The second-order valence-electron chi connectivity index (χ2n) is 2.51. The average Bonchev–Trinajstić information content (AvgIpc) is 2.48. The minimum atomic E-state index is 0.915. The number of imidazole rings is 1. The normalized spacial score (nSPS) is 9.92. The highest BCUT2D eigenvalue weighted by atomic mass is 15.2. The summed E-state index contributed by atoms with van der Waals surface area (Å²) in [7, 11) is 1.88. The standard InChI is InChI=1S/C8H16N4/c1-4-10-8-7(9-3)11-6-12(8)5-2/h6,9-10H,4-5H2,1-3H3. The Morgan fingerprint density at radius 2 is 2.25 bits per heavy atom. The van der Waals surface area contributed by atoms with Crippen molar-refractivity contribution in [2.24, 2.45) is 0 Å². The molecule has 0 atom stereocenters. The molecule has 0 radical (unpaired) electrons. The second kappa shape index (κ2) is 3.99. The molecule has 0 amide bonds.